The predicted molar refractivity (Wildman–Crippen MR) is 128 cm³/mol. The van der Waals surface area contributed by atoms with Crippen LogP contribution in [0.15, 0.2) is 77.8 Å². The number of carbonyl (C=O) groups excluding carboxylic acids is 1. The number of carbonyl (C=O) groups is 1. The Hall–Kier alpha value is -3.82. The van der Waals surface area contributed by atoms with Gasteiger partial charge in [0.15, 0.2) is 0 Å². The van der Waals surface area contributed by atoms with Crippen molar-refractivity contribution < 1.29 is 9.53 Å². The van der Waals surface area contributed by atoms with Crippen molar-refractivity contribution in [3.8, 4) is 11.8 Å². The molecule has 1 N–H and O–H groups in total. The van der Waals surface area contributed by atoms with E-state index in [-0.39, 0.29) is 11.5 Å². The fourth-order valence-electron chi connectivity index (χ4n) is 3.45. The lowest BCUT2D eigenvalue weighted by atomic mass is 10.1. The molecule has 0 saturated heterocycles. The number of nitriles is 1. The molecule has 0 aliphatic heterocycles. The molecule has 2 aromatic heterocycles. The van der Waals surface area contributed by atoms with Crippen molar-refractivity contribution in [3.63, 3.8) is 0 Å². The van der Waals surface area contributed by atoms with Crippen LogP contribution >= 0.6 is 11.3 Å². The van der Waals surface area contributed by atoms with Crippen molar-refractivity contribution in [1.82, 2.24) is 9.88 Å². The van der Waals surface area contributed by atoms with Crippen LogP contribution in [0, 0.1) is 18.3 Å². The first kappa shape index (κ1) is 21.4. The second kappa shape index (κ2) is 9.99. The lowest BCUT2D eigenvalue weighted by Gasteiger charge is -2.08. The smallest absolute Gasteiger partial charge is 0.262 e. The Morgan fingerprint density at radius 1 is 1.16 bits per heavy atom. The second-order valence-corrected chi connectivity index (χ2v) is 8.42. The molecule has 0 atom stereocenters. The van der Waals surface area contributed by atoms with E-state index in [1.807, 2.05) is 85.2 Å². The maximum absolute atomic E-state index is 12.5. The highest BCUT2D eigenvalue weighted by molar-refractivity contribution is 7.09. The molecule has 0 aliphatic carbocycles. The van der Waals surface area contributed by atoms with Gasteiger partial charge in [0.2, 0.25) is 0 Å². The molecule has 0 radical (unpaired) electrons. The minimum absolute atomic E-state index is 0.0837. The summed E-state index contributed by atoms with van der Waals surface area (Å²) in [6, 6.07) is 21.9. The highest BCUT2D eigenvalue weighted by atomic mass is 32.1. The van der Waals surface area contributed by atoms with Gasteiger partial charge in [-0.3, -0.25) is 4.79 Å². The third-order valence-electron chi connectivity index (χ3n) is 5.11. The largest absolute Gasteiger partial charge is 0.492 e. The monoisotopic (exact) mass is 441 g/mol. The van der Waals surface area contributed by atoms with E-state index >= 15 is 0 Å². The van der Waals surface area contributed by atoms with E-state index in [0.717, 1.165) is 27.1 Å². The zero-order chi connectivity index (χ0) is 22.3. The lowest BCUT2D eigenvalue weighted by Crippen LogP contribution is -2.23. The van der Waals surface area contributed by atoms with Crippen LogP contribution in [0.4, 0.5) is 0 Å². The number of hydrogen-bond acceptors (Lipinski definition) is 4. The third kappa shape index (κ3) is 5.08. The average Bonchev–Trinajstić information content (AvgIpc) is 3.45. The summed E-state index contributed by atoms with van der Waals surface area (Å²) >= 11 is 1.57. The van der Waals surface area contributed by atoms with E-state index in [0.29, 0.717) is 19.7 Å². The quantitative estimate of drug-likeness (QED) is 0.297. The van der Waals surface area contributed by atoms with E-state index in [1.165, 1.54) is 5.56 Å². The summed E-state index contributed by atoms with van der Waals surface area (Å²) in [6.07, 6.45) is 3.62. The third-order valence-corrected chi connectivity index (χ3v) is 5.99. The van der Waals surface area contributed by atoms with Crippen LogP contribution in [0.3, 0.4) is 0 Å². The Labute approximate surface area is 191 Å². The van der Waals surface area contributed by atoms with Gasteiger partial charge < -0.3 is 14.6 Å². The predicted octanol–water partition coefficient (Wildman–Crippen LogP) is 5.31. The molecule has 32 heavy (non-hydrogen) atoms. The van der Waals surface area contributed by atoms with Crippen LogP contribution in [0.5, 0.6) is 5.75 Å². The molecule has 0 saturated carbocycles. The van der Waals surface area contributed by atoms with Crippen molar-refractivity contribution >= 4 is 34.2 Å². The van der Waals surface area contributed by atoms with Gasteiger partial charge in [-0.15, -0.1) is 11.3 Å². The van der Waals surface area contributed by atoms with Gasteiger partial charge in [0.25, 0.3) is 5.91 Å². The summed E-state index contributed by atoms with van der Waals surface area (Å²) in [7, 11) is 0. The topological polar surface area (TPSA) is 67.0 Å². The van der Waals surface area contributed by atoms with Crippen LogP contribution in [0.1, 0.15) is 16.0 Å². The van der Waals surface area contributed by atoms with Gasteiger partial charge in [-0.1, -0.05) is 42.0 Å². The number of para-hydroxylation sites is 1. The number of nitrogens with one attached hydrogen (secondary N) is 1. The lowest BCUT2D eigenvalue weighted by molar-refractivity contribution is -0.117. The van der Waals surface area contributed by atoms with Gasteiger partial charge in [-0.25, -0.2) is 0 Å². The van der Waals surface area contributed by atoms with Crippen molar-refractivity contribution in [1.29, 1.82) is 5.26 Å². The molecule has 4 aromatic rings. The molecule has 0 unspecified atom stereocenters. The summed E-state index contributed by atoms with van der Waals surface area (Å²) in [5.41, 5.74) is 3.14. The van der Waals surface area contributed by atoms with E-state index in [2.05, 4.69) is 9.88 Å². The minimum atomic E-state index is -0.375. The Morgan fingerprint density at radius 2 is 1.97 bits per heavy atom. The SMILES string of the molecule is Cc1ccc(OCCn2cc(C=C(C#N)C(=O)NCc3cccs3)c3ccccc32)cc1. The zero-order valence-electron chi connectivity index (χ0n) is 17.7. The average molecular weight is 442 g/mol. The van der Waals surface area contributed by atoms with Crippen LogP contribution in [-0.4, -0.2) is 17.1 Å². The number of aromatic nitrogens is 1. The number of fused-ring (bicyclic) bond motifs is 1. The van der Waals surface area contributed by atoms with Gasteiger partial charge in [0.05, 0.1) is 13.1 Å². The normalized spacial score (nSPS) is 11.3. The van der Waals surface area contributed by atoms with Crippen LogP contribution in [0.2, 0.25) is 0 Å². The molecular weight excluding hydrogens is 418 g/mol. The zero-order valence-corrected chi connectivity index (χ0v) is 18.6. The van der Waals surface area contributed by atoms with Crippen molar-refractivity contribution in [2.45, 2.75) is 20.0 Å². The summed E-state index contributed by atoms with van der Waals surface area (Å²) < 4.78 is 7.97. The first-order valence-electron chi connectivity index (χ1n) is 10.3. The van der Waals surface area contributed by atoms with E-state index in [4.69, 9.17) is 4.74 Å². The van der Waals surface area contributed by atoms with Crippen molar-refractivity contribution in [3.05, 3.63) is 93.8 Å². The number of amides is 1. The molecule has 2 heterocycles. The molecule has 5 nitrogen and oxygen atoms in total. The summed E-state index contributed by atoms with van der Waals surface area (Å²) in [6.45, 7) is 3.61. The number of nitrogens with zero attached hydrogens (tertiary/aromatic N) is 2. The van der Waals surface area contributed by atoms with Gasteiger partial charge in [0, 0.05) is 27.5 Å². The molecule has 4 rings (SSSR count). The molecule has 0 fully saturated rings. The van der Waals surface area contributed by atoms with Gasteiger partial charge in [-0.05, 0) is 42.6 Å². The molecular formula is C26H23N3O2S. The van der Waals surface area contributed by atoms with E-state index < -0.39 is 0 Å². The maximum Gasteiger partial charge on any atom is 0.262 e. The Kier molecular flexibility index (Phi) is 6.69. The molecule has 0 aliphatic rings. The standard InChI is InChI=1S/C26H23N3O2S/c1-19-8-10-22(11-9-19)31-13-12-29-18-21(24-6-2-3-7-25(24)29)15-20(16-27)26(30)28-17-23-5-4-14-32-23/h2-11,14-15,18H,12-13,17H2,1H3,(H,28,30). The minimum Gasteiger partial charge on any atom is -0.492 e. The van der Waals surface area contributed by atoms with Gasteiger partial charge >= 0.3 is 0 Å². The number of rotatable bonds is 8. The van der Waals surface area contributed by atoms with Crippen molar-refractivity contribution in [2.75, 3.05) is 6.61 Å². The Bertz CT molecular complexity index is 1280. The second-order valence-electron chi connectivity index (χ2n) is 7.39. The van der Waals surface area contributed by atoms with Crippen LogP contribution < -0.4 is 10.1 Å². The van der Waals surface area contributed by atoms with Crippen LogP contribution in [-0.2, 0) is 17.9 Å². The van der Waals surface area contributed by atoms with Gasteiger partial charge in [-0.2, -0.15) is 5.26 Å². The van der Waals surface area contributed by atoms with Gasteiger partial charge in [0.1, 0.15) is 24.0 Å². The van der Waals surface area contributed by atoms with Crippen molar-refractivity contribution in [2.24, 2.45) is 0 Å². The number of hydrogen-bond donors (Lipinski definition) is 1. The fraction of sp³-hybridized carbons (Fsp3) is 0.154. The number of ether oxygens (including phenoxy) is 1. The highest BCUT2D eigenvalue weighted by Gasteiger charge is 2.12. The summed E-state index contributed by atoms with van der Waals surface area (Å²) in [5, 5.41) is 15.3. The molecule has 2 aromatic carbocycles. The molecule has 1 amide bonds. The number of aryl methyl sites for hydroxylation is 1. The molecule has 0 spiro atoms. The fourth-order valence-corrected chi connectivity index (χ4v) is 4.10. The molecule has 160 valence electrons. The number of benzene rings is 2. The first-order valence-corrected chi connectivity index (χ1v) is 11.2. The molecule has 0 bridgehead atoms. The Balaban J connectivity index is 1.51. The van der Waals surface area contributed by atoms with Crippen LogP contribution in [0.25, 0.3) is 17.0 Å². The maximum atomic E-state index is 12.5. The molecule has 6 heteroatoms. The Morgan fingerprint density at radius 3 is 2.72 bits per heavy atom. The number of thiophene rings is 1. The first-order chi connectivity index (χ1) is 15.6. The summed E-state index contributed by atoms with van der Waals surface area (Å²) in [4.78, 5) is 13.6. The van der Waals surface area contributed by atoms with E-state index in [1.54, 1.807) is 17.4 Å². The highest BCUT2D eigenvalue weighted by Crippen LogP contribution is 2.24. The summed E-state index contributed by atoms with van der Waals surface area (Å²) in [5.74, 6) is 0.460. The van der Waals surface area contributed by atoms with E-state index in [9.17, 15) is 10.1 Å².